The van der Waals surface area contributed by atoms with Crippen LogP contribution in [0.15, 0.2) is 42.6 Å². The first-order valence-corrected chi connectivity index (χ1v) is 8.02. The van der Waals surface area contributed by atoms with Crippen molar-refractivity contribution in [2.75, 3.05) is 13.7 Å². The number of hydrogen-bond acceptors (Lipinski definition) is 4. The van der Waals surface area contributed by atoms with Crippen molar-refractivity contribution in [2.45, 2.75) is 13.8 Å². The van der Waals surface area contributed by atoms with E-state index in [0.29, 0.717) is 22.3 Å². The lowest BCUT2D eigenvalue weighted by molar-refractivity contribution is 0.0529. The maximum absolute atomic E-state index is 12.6. The van der Waals surface area contributed by atoms with Crippen molar-refractivity contribution in [3.05, 3.63) is 59.4 Å². The Bertz CT molecular complexity index is 956. The summed E-state index contributed by atoms with van der Waals surface area (Å²) in [6.45, 7) is 3.94. The number of nitrogens with zero attached hydrogens (tertiary/aromatic N) is 1. The molecule has 0 fully saturated rings. The normalized spacial score (nSPS) is 10.7. The molecular formula is C20H19NO4. The Morgan fingerprint density at radius 1 is 1.24 bits per heavy atom. The Hall–Kier alpha value is -3.08. The Morgan fingerprint density at radius 2 is 2.04 bits per heavy atom. The highest BCUT2D eigenvalue weighted by Gasteiger charge is 2.25. The van der Waals surface area contributed by atoms with Gasteiger partial charge in [0.25, 0.3) is 0 Å². The van der Waals surface area contributed by atoms with Crippen LogP contribution in [0.1, 0.15) is 33.3 Å². The van der Waals surface area contributed by atoms with Crippen LogP contribution in [0.3, 0.4) is 0 Å². The number of carbonyl (C=O) groups excluding carboxylic acids is 2. The van der Waals surface area contributed by atoms with E-state index in [4.69, 9.17) is 9.47 Å². The first-order valence-electron chi connectivity index (χ1n) is 8.02. The van der Waals surface area contributed by atoms with E-state index >= 15 is 0 Å². The van der Waals surface area contributed by atoms with Crippen LogP contribution in [-0.4, -0.2) is 30.4 Å². The second-order valence-electron chi connectivity index (χ2n) is 5.61. The Balaban J connectivity index is 2.36. The van der Waals surface area contributed by atoms with Crippen LogP contribution in [0, 0.1) is 6.92 Å². The number of methoxy groups -OCH3 is 1. The third-order valence-corrected chi connectivity index (χ3v) is 4.16. The fourth-order valence-corrected chi connectivity index (χ4v) is 3.09. The average Bonchev–Trinajstić information content (AvgIpc) is 2.96. The topological polar surface area (TPSA) is 57.0 Å². The number of carbonyl (C=O) groups is 2. The quantitative estimate of drug-likeness (QED) is 0.523. The number of fused-ring (bicyclic) bond motifs is 1. The van der Waals surface area contributed by atoms with Gasteiger partial charge in [-0.25, -0.2) is 4.79 Å². The molecule has 0 aliphatic heterocycles. The third kappa shape index (κ3) is 2.78. The first-order chi connectivity index (χ1) is 12.1. The molecule has 0 spiro atoms. The second kappa shape index (κ2) is 6.81. The molecule has 5 heteroatoms. The molecule has 3 rings (SSSR count). The summed E-state index contributed by atoms with van der Waals surface area (Å²) in [4.78, 5) is 24.4. The van der Waals surface area contributed by atoms with Crippen LogP contribution >= 0.6 is 0 Å². The highest BCUT2D eigenvalue weighted by molar-refractivity contribution is 6.09. The van der Waals surface area contributed by atoms with Crippen LogP contribution in [0.2, 0.25) is 0 Å². The minimum atomic E-state index is -0.442. The van der Waals surface area contributed by atoms with Gasteiger partial charge in [0.2, 0.25) is 0 Å². The fourth-order valence-electron chi connectivity index (χ4n) is 3.09. The molecule has 2 aromatic heterocycles. The molecule has 0 unspecified atom stereocenters. The molecule has 0 bridgehead atoms. The minimum Gasteiger partial charge on any atom is -0.496 e. The van der Waals surface area contributed by atoms with E-state index in [1.165, 1.54) is 0 Å². The predicted molar refractivity (Wildman–Crippen MR) is 95.5 cm³/mol. The van der Waals surface area contributed by atoms with E-state index in [9.17, 15) is 9.59 Å². The zero-order chi connectivity index (χ0) is 18.0. The number of aromatic nitrogens is 1. The van der Waals surface area contributed by atoms with E-state index in [1.54, 1.807) is 30.7 Å². The van der Waals surface area contributed by atoms with E-state index in [1.807, 2.05) is 37.3 Å². The van der Waals surface area contributed by atoms with Gasteiger partial charge in [-0.05, 0) is 49.2 Å². The summed E-state index contributed by atoms with van der Waals surface area (Å²) >= 11 is 0. The Labute approximate surface area is 145 Å². The van der Waals surface area contributed by atoms with Gasteiger partial charge in [-0.15, -0.1) is 0 Å². The van der Waals surface area contributed by atoms with E-state index < -0.39 is 5.97 Å². The van der Waals surface area contributed by atoms with Crippen molar-refractivity contribution in [1.29, 1.82) is 0 Å². The fraction of sp³-hybridized carbons (Fsp3) is 0.200. The lowest BCUT2D eigenvalue weighted by Crippen LogP contribution is -2.06. The molecule has 0 saturated carbocycles. The largest absolute Gasteiger partial charge is 0.496 e. The lowest BCUT2D eigenvalue weighted by atomic mass is 9.98. The summed E-state index contributed by atoms with van der Waals surface area (Å²) < 4.78 is 12.3. The van der Waals surface area contributed by atoms with Gasteiger partial charge in [0.05, 0.1) is 30.5 Å². The molecule has 5 nitrogen and oxygen atoms in total. The molecule has 0 amide bonds. The predicted octanol–water partition coefficient (Wildman–Crippen LogP) is 3.91. The van der Waals surface area contributed by atoms with E-state index in [0.717, 1.165) is 23.2 Å². The molecular weight excluding hydrogens is 318 g/mol. The molecule has 128 valence electrons. The van der Waals surface area contributed by atoms with Crippen molar-refractivity contribution in [1.82, 2.24) is 4.40 Å². The summed E-state index contributed by atoms with van der Waals surface area (Å²) in [6, 6.07) is 11.0. The first kappa shape index (κ1) is 16.8. The molecule has 3 aromatic rings. The van der Waals surface area contributed by atoms with E-state index in [-0.39, 0.29) is 6.61 Å². The number of rotatable bonds is 5. The molecule has 0 saturated heterocycles. The van der Waals surface area contributed by atoms with E-state index in [2.05, 4.69) is 0 Å². The highest BCUT2D eigenvalue weighted by Crippen LogP contribution is 2.35. The summed E-state index contributed by atoms with van der Waals surface area (Å²) in [7, 11) is 1.61. The number of aryl methyl sites for hydroxylation is 1. The second-order valence-corrected chi connectivity index (χ2v) is 5.61. The zero-order valence-electron chi connectivity index (χ0n) is 14.4. The van der Waals surface area contributed by atoms with Gasteiger partial charge in [0, 0.05) is 11.8 Å². The summed E-state index contributed by atoms with van der Waals surface area (Å²) in [5.41, 5.74) is 3.73. The van der Waals surface area contributed by atoms with Crippen LogP contribution in [0.25, 0.3) is 16.6 Å². The number of aldehydes is 1. The van der Waals surface area contributed by atoms with Gasteiger partial charge in [-0.2, -0.15) is 0 Å². The maximum atomic E-state index is 12.6. The van der Waals surface area contributed by atoms with Gasteiger partial charge in [0.15, 0.2) is 6.29 Å². The molecule has 0 N–H and O–H groups in total. The van der Waals surface area contributed by atoms with Crippen molar-refractivity contribution in [3.63, 3.8) is 0 Å². The Morgan fingerprint density at radius 3 is 2.68 bits per heavy atom. The maximum Gasteiger partial charge on any atom is 0.340 e. The molecule has 25 heavy (non-hydrogen) atoms. The highest BCUT2D eigenvalue weighted by atomic mass is 16.5. The molecule has 2 heterocycles. The lowest BCUT2D eigenvalue weighted by Gasteiger charge is -2.09. The van der Waals surface area contributed by atoms with Crippen molar-refractivity contribution >= 4 is 17.8 Å². The zero-order valence-corrected chi connectivity index (χ0v) is 14.4. The van der Waals surface area contributed by atoms with Crippen molar-refractivity contribution in [3.8, 4) is 16.9 Å². The molecule has 0 atom stereocenters. The van der Waals surface area contributed by atoms with Gasteiger partial charge >= 0.3 is 5.97 Å². The smallest absolute Gasteiger partial charge is 0.340 e. The number of esters is 1. The molecule has 0 aliphatic carbocycles. The summed E-state index contributed by atoms with van der Waals surface area (Å²) in [5, 5.41) is 0. The van der Waals surface area contributed by atoms with Gasteiger partial charge in [0.1, 0.15) is 5.75 Å². The number of benzene rings is 1. The molecule has 0 radical (unpaired) electrons. The van der Waals surface area contributed by atoms with Crippen molar-refractivity contribution in [2.24, 2.45) is 0 Å². The third-order valence-electron chi connectivity index (χ3n) is 4.16. The van der Waals surface area contributed by atoms with Crippen molar-refractivity contribution < 1.29 is 19.1 Å². The molecule has 1 aromatic carbocycles. The van der Waals surface area contributed by atoms with Gasteiger partial charge in [-0.3, -0.25) is 4.79 Å². The van der Waals surface area contributed by atoms with Gasteiger partial charge < -0.3 is 13.9 Å². The van der Waals surface area contributed by atoms with Crippen LogP contribution in [0.5, 0.6) is 5.75 Å². The Kier molecular flexibility index (Phi) is 4.57. The standard InChI is InChI=1S/C20H19NO4/c1-4-25-20(23)19-15-7-5-6-10-21(15)16(12-22)18(19)14-8-9-17(24-3)13(2)11-14/h5-12H,4H2,1-3H3. The minimum absolute atomic E-state index is 0.264. The average molecular weight is 337 g/mol. The summed E-state index contributed by atoms with van der Waals surface area (Å²) in [6.07, 6.45) is 2.53. The number of hydrogen-bond donors (Lipinski definition) is 0. The summed E-state index contributed by atoms with van der Waals surface area (Å²) in [5.74, 6) is 0.306. The SMILES string of the molecule is CCOC(=O)c1c(-c2ccc(OC)c(C)c2)c(C=O)n2ccccc12. The number of ether oxygens (including phenoxy) is 2. The number of pyridine rings is 1. The van der Waals surface area contributed by atoms with Crippen LogP contribution in [0.4, 0.5) is 0 Å². The van der Waals surface area contributed by atoms with Gasteiger partial charge in [-0.1, -0.05) is 12.1 Å². The molecule has 0 aliphatic rings. The monoisotopic (exact) mass is 337 g/mol. The van der Waals surface area contributed by atoms with Crippen LogP contribution < -0.4 is 4.74 Å². The van der Waals surface area contributed by atoms with Crippen LogP contribution in [-0.2, 0) is 4.74 Å².